The number of nitrogens with zero attached hydrogens (tertiary/aromatic N) is 3. The molecular weight excluding hydrogens is 330 g/mol. The van der Waals surface area contributed by atoms with E-state index in [1.807, 2.05) is 23.0 Å². The third-order valence-electron chi connectivity index (χ3n) is 5.02. The third kappa shape index (κ3) is 3.59. The van der Waals surface area contributed by atoms with Gasteiger partial charge >= 0.3 is 0 Å². The third-order valence-corrected chi connectivity index (χ3v) is 5.02. The van der Waals surface area contributed by atoms with E-state index in [1.54, 1.807) is 0 Å². The minimum absolute atomic E-state index is 0.0284. The lowest BCUT2D eigenvalue weighted by molar-refractivity contribution is -0.0366. The van der Waals surface area contributed by atoms with E-state index in [1.165, 1.54) is 6.21 Å². The predicted octanol–water partition coefficient (Wildman–Crippen LogP) is 3.32. The lowest BCUT2D eigenvalue weighted by Gasteiger charge is -2.23. The molecular formula is C20H23N3O3. The molecule has 26 heavy (non-hydrogen) atoms. The summed E-state index contributed by atoms with van der Waals surface area (Å²) >= 11 is 0. The molecule has 2 fully saturated rings. The Morgan fingerprint density at radius 2 is 2.08 bits per heavy atom. The van der Waals surface area contributed by atoms with Crippen LogP contribution in [0.2, 0.25) is 0 Å². The second-order valence-corrected chi connectivity index (χ2v) is 6.81. The first-order valence-corrected chi connectivity index (χ1v) is 9.25. The van der Waals surface area contributed by atoms with Crippen molar-refractivity contribution in [3.8, 4) is 11.8 Å². The minimum atomic E-state index is -0.0284. The SMILES string of the molecule is ON=Cc1cc2c(cnn2C2CCCCO2)cc1C#CC1CCOCC1. The highest BCUT2D eigenvalue weighted by Gasteiger charge is 2.19. The fourth-order valence-electron chi connectivity index (χ4n) is 3.55. The lowest BCUT2D eigenvalue weighted by Crippen LogP contribution is -2.19. The van der Waals surface area contributed by atoms with Crippen LogP contribution in [0.3, 0.4) is 0 Å². The summed E-state index contributed by atoms with van der Waals surface area (Å²) in [6.07, 6.45) is 8.41. The summed E-state index contributed by atoms with van der Waals surface area (Å²) in [5.74, 6) is 6.98. The zero-order chi connectivity index (χ0) is 17.8. The topological polar surface area (TPSA) is 68.9 Å². The molecule has 136 valence electrons. The smallest absolute Gasteiger partial charge is 0.150 e. The Morgan fingerprint density at radius 3 is 2.85 bits per heavy atom. The van der Waals surface area contributed by atoms with Gasteiger partial charge in [-0.25, -0.2) is 4.68 Å². The van der Waals surface area contributed by atoms with Crippen LogP contribution in [0.25, 0.3) is 10.9 Å². The van der Waals surface area contributed by atoms with Gasteiger partial charge in [0, 0.05) is 42.3 Å². The van der Waals surface area contributed by atoms with Crippen molar-refractivity contribution in [2.24, 2.45) is 11.1 Å². The van der Waals surface area contributed by atoms with Gasteiger partial charge in [-0.15, -0.1) is 0 Å². The Morgan fingerprint density at radius 1 is 1.19 bits per heavy atom. The van der Waals surface area contributed by atoms with Gasteiger partial charge in [0.15, 0.2) is 6.23 Å². The molecule has 1 unspecified atom stereocenters. The van der Waals surface area contributed by atoms with Crippen molar-refractivity contribution in [3.63, 3.8) is 0 Å². The van der Waals surface area contributed by atoms with Gasteiger partial charge in [-0.3, -0.25) is 0 Å². The number of fused-ring (bicyclic) bond motifs is 1. The molecule has 0 amide bonds. The lowest BCUT2D eigenvalue weighted by atomic mass is 9.99. The van der Waals surface area contributed by atoms with Gasteiger partial charge in [-0.2, -0.15) is 5.10 Å². The second-order valence-electron chi connectivity index (χ2n) is 6.81. The van der Waals surface area contributed by atoms with Gasteiger partial charge in [0.2, 0.25) is 0 Å². The largest absolute Gasteiger partial charge is 0.411 e. The van der Waals surface area contributed by atoms with Crippen LogP contribution in [0.4, 0.5) is 0 Å². The van der Waals surface area contributed by atoms with Crippen molar-refractivity contribution in [1.29, 1.82) is 0 Å². The fraction of sp³-hybridized carbons (Fsp3) is 0.500. The molecule has 0 radical (unpaired) electrons. The number of ether oxygens (including phenoxy) is 2. The highest BCUT2D eigenvalue weighted by Crippen LogP contribution is 2.27. The summed E-state index contributed by atoms with van der Waals surface area (Å²) in [4.78, 5) is 0. The minimum Gasteiger partial charge on any atom is -0.411 e. The van der Waals surface area contributed by atoms with Gasteiger partial charge in [-0.1, -0.05) is 17.0 Å². The number of benzene rings is 1. The highest BCUT2D eigenvalue weighted by atomic mass is 16.5. The molecule has 6 nitrogen and oxygen atoms in total. The Balaban J connectivity index is 1.69. The van der Waals surface area contributed by atoms with Crippen molar-refractivity contribution in [2.45, 2.75) is 38.3 Å². The molecule has 4 rings (SSSR count). The molecule has 2 aliphatic heterocycles. The standard InChI is InChI=1S/C20H23N3O3/c24-22-14-17-12-19-18(13-21-23(19)20-3-1-2-8-26-20)11-16(17)5-4-15-6-9-25-10-7-15/h11-15,20,24H,1-3,6-10H2. The summed E-state index contributed by atoms with van der Waals surface area (Å²) in [6.45, 7) is 2.32. The van der Waals surface area contributed by atoms with E-state index in [2.05, 4.69) is 22.1 Å². The van der Waals surface area contributed by atoms with Crippen molar-refractivity contribution in [1.82, 2.24) is 9.78 Å². The summed E-state index contributed by atoms with van der Waals surface area (Å²) in [5.41, 5.74) is 2.62. The van der Waals surface area contributed by atoms with Gasteiger partial charge in [-0.05, 0) is 44.2 Å². The van der Waals surface area contributed by atoms with Crippen LogP contribution in [0.15, 0.2) is 23.5 Å². The van der Waals surface area contributed by atoms with Crippen LogP contribution in [-0.4, -0.2) is 41.0 Å². The quantitative estimate of drug-likeness (QED) is 0.389. The first-order valence-electron chi connectivity index (χ1n) is 9.25. The summed E-state index contributed by atoms with van der Waals surface area (Å²) in [6, 6.07) is 4.00. The maximum Gasteiger partial charge on any atom is 0.150 e. The van der Waals surface area contributed by atoms with E-state index in [9.17, 15) is 0 Å². The summed E-state index contributed by atoms with van der Waals surface area (Å²) in [7, 11) is 0. The summed E-state index contributed by atoms with van der Waals surface area (Å²) < 4.78 is 13.2. The first-order chi connectivity index (χ1) is 12.8. The Bertz CT molecular complexity index is 850. The number of aromatic nitrogens is 2. The maximum atomic E-state index is 9.06. The molecule has 0 aliphatic carbocycles. The van der Waals surface area contributed by atoms with E-state index in [-0.39, 0.29) is 6.23 Å². The summed E-state index contributed by atoms with van der Waals surface area (Å²) in [5, 5.41) is 17.8. The molecule has 2 aromatic rings. The average Bonchev–Trinajstić information content (AvgIpc) is 3.10. The van der Waals surface area contributed by atoms with E-state index in [0.29, 0.717) is 5.92 Å². The normalized spacial score (nSPS) is 21.8. The Labute approximate surface area is 152 Å². The molecule has 1 N–H and O–H groups in total. The van der Waals surface area contributed by atoms with E-state index < -0.39 is 0 Å². The zero-order valence-electron chi connectivity index (χ0n) is 14.7. The Kier molecular flexibility index (Phi) is 5.19. The van der Waals surface area contributed by atoms with Crippen molar-refractivity contribution >= 4 is 17.1 Å². The van der Waals surface area contributed by atoms with Gasteiger partial charge in [0.1, 0.15) is 0 Å². The van der Waals surface area contributed by atoms with E-state index >= 15 is 0 Å². The van der Waals surface area contributed by atoms with Crippen molar-refractivity contribution in [2.75, 3.05) is 19.8 Å². The average molecular weight is 353 g/mol. The molecule has 0 bridgehead atoms. The number of oxime groups is 1. The van der Waals surface area contributed by atoms with E-state index in [4.69, 9.17) is 14.7 Å². The molecule has 6 heteroatoms. The number of hydrogen-bond acceptors (Lipinski definition) is 5. The highest BCUT2D eigenvalue weighted by molar-refractivity contribution is 5.92. The van der Waals surface area contributed by atoms with Crippen LogP contribution in [0.5, 0.6) is 0 Å². The second kappa shape index (κ2) is 7.90. The molecule has 2 saturated heterocycles. The fourth-order valence-corrected chi connectivity index (χ4v) is 3.55. The van der Waals surface area contributed by atoms with E-state index in [0.717, 1.165) is 74.0 Å². The van der Waals surface area contributed by atoms with Gasteiger partial charge in [0.25, 0.3) is 0 Å². The zero-order valence-corrected chi connectivity index (χ0v) is 14.7. The maximum absolute atomic E-state index is 9.06. The van der Waals surface area contributed by atoms with Crippen LogP contribution in [0, 0.1) is 17.8 Å². The first kappa shape index (κ1) is 17.1. The molecule has 0 saturated carbocycles. The van der Waals surface area contributed by atoms with Crippen molar-refractivity contribution < 1.29 is 14.7 Å². The molecule has 1 aromatic heterocycles. The van der Waals surface area contributed by atoms with Crippen LogP contribution < -0.4 is 0 Å². The monoisotopic (exact) mass is 353 g/mol. The predicted molar refractivity (Wildman–Crippen MR) is 98.4 cm³/mol. The van der Waals surface area contributed by atoms with Crippen LogP contribution >= 0.6 is 0 Å². The van der Waals surface area contributed by atoms with Crippen LogP contribution in [-0.2, 0) is 9.47 Å². The van der Waals surface area contributed by atoms with Crippen LogP contribution in [0.1, 0.15) is 49.5 Å². The molecule has 2 aliphatic rings. The number of hydrogen-bond donors (Lipinski definition) is 1. The van der Waals surface area contributed by atoms with Crippen molar-refractivity contribution in [3.05, 3.63) is 29.5 Å². The molecule has 1 atom stereocenters. The van der Waals surface area contributed by atoms with Gasteiger partial charge < -0.3 is 14.7 Å². The molecule has 0 spiro atoms. The number of rotatable bonds is 2. The van der Waals surface area contributed by atoms with Gasteiger partial charge in [0.05, 0.1) is 17.9 Å². The molecule has 3 heterocycles. The molecule has 1 aromatic carbocycles. The Hall–Kier alpha value is -2.36.